The Morgan fingerprint density at radius 1 is 1.42 bits per heavy atom. The first-order valence-corrected chi connectivity index (χ1v) is 5.61. The van der Waals surface area contributed by atoms with Gasteiger partial charge in [0.25, 0.3) is 5.91 Å². The van der Waals surface area contributed by atoms with Gasteiger partial charge in [0.1, 0.15) is 5.15 Å². The standard InChI is InChI=1S/C12H9ClFN3O2/c1-19-9-6-7(2-3-8(9)14)11(18)17-12-15-5-4-10(13)16-12/h2-6H,1H3,(H,15,16,17,18). The summed E-state index contributed by atoms with van der Waals surface area (Å²) in [5.74, 6) is -0.973. The lowest BCUT2D eigenvalue weighted by Gasteiger charge is -2.06. The minimum atomic E-state index is -0.543. The number of ether oxygens (including phenoxy) is 1. The minimum Gasteiger partial charge on any atom is -0.494 e. The predicted molar refractivity (Wildman–Crippen MR) is 67.9 cm³/mol. The first-order valence-electron chi connectivity index (χ1n) is 5.23. The lowest BCUT2D eigenvalue weighted by atomic mass is 10.2. The molecule has 0 aliphatic carbocycles. The molecule has 2 aromatic rings. The van der Waals surface area contributed by atoms with Gasteiger partial charge in [-0.3, -0.25) is 10.1 Å². The van der Waals surface area contributed by atoms with Crippen LogP contribution in [0.15, 0.2) is 30.5 Å². The number of hydrogen-bond acceptors (Lipinski definition) is 4. The fourth-order valence-corrected chi connectivity index (χ4v) is 1.51. The van der Waals surface area contributed by atoms with E-state index in [-0.39, 0.29) is 22.4 Å². The van der Waals surface area contributed by atoms with Crippen molar-refractivity contribution in [2.75, 3.05) is 12.4 Å². The number of aromatic nitrogens is 2. The van der Waals surface area contributed by atoms with E-state index in [0.29, 0.717) is 0 Å². The molecule has 0 fully saturated rings. The second-order valence-corrected chi connectivity index (χ2v) is 3.89. The molecule has 0 aliphatic heterocycles. The molecule has 1 heterocycles. The first kappa shape index (κ1) is 13.2. The summed E-state index contributed by atoms with van der Waals surface area (Å²) in [4.78, 5) is 19.5. The predicted octanol–water partition coefficient (Wildman–Crippen LogP) is 2.53. The molecular weight excluding hydrogens is 273 g/mol. The third-order valence-electron chi connectivity index (χ3n) is 2.26. The molecule has 0 bridgehead atoms. The van der Waals surface area contributed by atoms with Crippen molar-refractivity contribution in [3.8, 4) is 5.75 Å². The van der Waals surface area contributed by atoms with Crippen molar-refractivity contribution < 1.29 is 13.9 Å². The van der Waals surface area contributed by atoms with Crippen molar-refractivity contribution in [2.45, 2.75) is 0 Å². The van der Waals surface area contributed by atoms with E-state index in [1.54, 1.807) is 0 Å². The molecule has 5 nitrogen and oxygen atoms in total. The quantitative estimate of drug-likeness (QED) is 0.878. The maximum Gasteiger partial charge on any atom is 0.258 e. The summed E-state index contributed by atoms with van der Waals surface area (Å²) < 4.78 is 18.0. The molecule has 0 spiro atoms. The molecule has 0 unspecified atom stereocenters. The van der Waals surface area contributed by atoms with Crippen LogP contribution in [0.2, 0.25) is 5.15 Å². The minimum absolute atomic E-state index is 0.0142. The zero-order valence-corrected chi connectivity index (χ0v) is 10.6. The van der Waals surface area contributed by atoms with E-state index in [1.165, 1.54) is 31.5 Å². The second kappa shape index (κ2) is 5.62. The molecular formula is C12H9ClFN3O2. The van der Waals surface area contributed by atoms with Crippen molar-refractivity contribution >= 4 is 23.5 Å². The summed E-state index contributed by atoms with van der Waals surface area (Å²) in [5, 5.41) is 2.66. The number of anilines is 1. The number of amides is 1. The van der Waals surface area contributed by atoms with E-state index in [0.717, 1.165) is 6.07 Å². The number of nitrogens with zero attached hydrogens (tertiary/aromatic N) is 2. The maximum atomic E-state index is 13.2. The summed E-state index contributed by atoms with van der Waals surface area (Å²) in [6.07, 6.45) is 1.41. The van der Waals surface area contributed by atoms with Crippen molar-refractivity contribution in [3.05, 3.63) is 47.0 Å². The molecule has 0 saturated carbocycles. The Morgan fingerprint density at radius 3 is 2.89 bits per heavy atom. The molecule has 2 rings (SSSR count). The molecule has 0 atom stereocenters. The Bertz CT molecular complexity index is 622. The van der Waals surface area contributed by atoms with Crippen LogP contribution in [0, 0.1) is 5.82 Å². The SMILES string of the molecule is COc1cc(C(=O)Nc2nccc(Cl)n2)ccc1F. The molecule has 19 heavy (non-hydrogen) atoms. The second-order valence-electron chi connectivity index (χ2n) is 3.51. The summed E-state index contributed by atoms with van der Waals surface area (Å²) in [6, 6.07) is 5.25. The van der Waals surface area contributed by atoms with Gasteiger partial charge in [0.05, 0.1) is 7.11 Å². The number of rotatable bonds is 3. The number of halogens is 2. The average molecular weight is 282 g/mol. The summed E-state index contributed by atoms with van der Waals surface area (Å²) in [6.45, 7) is 0. The van der Waals surface area contributed by atoms with Crippen LogP contribution >= 0.6 is 11.6 Å². The lowest BCUT2D eigenvalue weighted by molar-refractivity contribution is 0.102. The Labute approximate surface area is 113 Å². The van der Waals surface area contributed by atoms with Crippen LogP contribution < -0.4 is 10.1 Å². The van der Waals surface area contributed by atoms with Gasteiger partial charge in [-0.05, 0) is 24.3 Å². The van der Waals surface area contributed by atoms with Crippen LogP contribution in [0.3, 0.4) is 0 Å². The molecule has 0 aliphatic rings. The Morgan fingerprint density at radius 2 is 2.21 bits per heavy atom. The van der Waals surface area contributed by atoms with E-state index >= 15 is 0 Å². The molecule has 0 radical (unpaired) electrons. The molecule has 1 aromatic heterocycles. The van der Waals surface area contributed by atoms with E-state index in [2.05, 4.69) is 15.3 Å². The van der Waals surface area contributed by atoms with Gasteiger partial charge in [0, 0.05) is 11.8 Å². The van der Waals surface area contributed by atoms with Crippen LogP contribution in [-0.2, 0) is 0 Å². The highest BCUT2D eigenvalue weighted by Gasteiger charge is 2.11. The van der Waals surface area contributed by atoms with E-state index in [4.69, 9.17) is 16.3 Å². The van der Waals surface area contributed by atoms with Gasteiger partial charge in [0.15, 0.2) is 11.6 Å². The normalized spacial score (nSPS) is 10.1. The number of benzene rings is 1. The molecule has 1 aromatic carbocycles. The van der Waals surface area contributed by atoms with E-state index < -0.39 is 11.7 Å². The van der Waals surface area contributed by atoms with Crippen LogP contribution in [0.4, 0.5) is 10.3 Å². The van der Waals surface area contributed by atoms with Gasteiger partial charge in [-0.15, -0.1) is 0 Å². The molecule has 0 saturated heterocycles. The number of hydrogen-bond donors (Lipinski definition) is 1. The number of methoxy groups -OCH3 is 1. The highest BCUT2D eigenvalue weighted by atomic mass is 35.5. The zero-order valence-electron chi connectivity index (χ0n) is 9.85. The van der Waals surface area contributed by atoms with Gasteiger partial charge in [-0.1, -0.05) is 11.6 Å². The molecule has 98 valence electrons. The highest BCUT2D eigenvalue weighted by molar-refractivity contribution is 6.29. The van der Waals surface area contributed by atoms with Crippen molar-refractivity contribution in [1.82, 2.24) is 9.97 Å². The van der Waals surface area contributed by atoms with Gasteiger partial charge in [0.2, 0.25) is 5.95 Å². The number of carbonyl (C=O) groups excluding carboxylic acids is 1. The third-order valence-corrected chi connectivity index (χ3v) is 2.47. The average Bonchev–Trinajstić information content (AvgIpc) is 2.39. The maximum absolute atomic E-state index is 13.2. The summed E-state index contributed by atoms with van der Waals surface area (Å²) >= 11 is 5.67. The van der Waals surface area contributed by atoms with Crippen molar-refractivity contribution in [2.24, 2.45) is 0 Å². The molecule has 1 amide bonds. The fraction of sp³-hybridized carbons (Fsp3) is 0.0833. The van der Waals surface area contributed by atoms with Gasteiger partial charge < -0.3 is 4.74 Å². The first-order chi connectivity index (χ1) is 9.10. The van der Waals surface area contributed by atoms with Gasteiger partial charge in [-0.25, -0.2) is 14.4 Å². The highest BCUT2D eigenvalue weighted by Crippen LogP contribution is 2.18. The molecule has 1 N–H and O–H groups in total. The Kier molecular flexibility index (Phi) is 3.91. The van der Waals surface area contributed by atoms with Gasteiger partial charge >= 0.3 is 0 Å². The third kappa shape index (κ3) is 3.17. The fourth-order valence-electron chi connectivity index (χ4n) is 1.37. The van der Waals surface area contributed by atoms with E-state index in [9.17, 15) is 9.18 Å². The number of nitrogens with one attached hydrogen (secondary N) is 1. The lowest BCUT2D eigenvalue weighted by Crippen LogP contribution is -2.14. The topological polar surface area (TPSA) is 64.1 Å². The van der Waals surface area contributed by atoms with Crippen LogP contribution in [0.1, 0.15) is 10.4 Å². The van der Waals surface area contributed by atoms with Crippen LogP contribution in [0.25, 0.3) is 0 Å². The number of carbonyl (C=O) groups is 1. The Hall–Kier alpha value is -2.21. The largest absolute Gasteiger partial charge is 0.494 e. The van der Waals surface area contributed by atoms with Crippen molar-refractivity contribution in [1.29, 1.82) is 0 Å². The van der Waals surface area contributed by atoms with Gasteiger partial charge in [-0.2, -0.15) is 0 Å². The van der Waals surface area contributed by atoms with E-state index in [1.807, 2.05) is 0 Å². The monoisotopic (exact) mass is 281 g/mol. The smallest absolute Gasteiger partial charge is 0.258 e. The van der Waals surface area contributed by atoms with Crippen LogP contribution in [-0.4, -0.2) is 23.0 Å². The summed E-state index contributed by atoms with van der Waals surface area (Å²) in [5.41, 5.74) is 0.224. The van der Waals surface area contributed by atoms with Crippen LogP contribution in [0.5, 0.6) is 5.75 Å². The Balaban J connectivity index is 2.20. The summed E-state index contributed by atoms with van der Waals surface area (Å²) in [7, 11) is 1.32. The van der Waals surface area contributed by atoms with Crippen molar-refractivity contribution in [3.63, 3.8) is 0 Å². The zero-order chi connectivity index (χ0) is 13.8. The molecule has 7 heteroatoms.